The molecule has 2 N–H and O–H groups in total. The first-order chi connectivity index (χ1) is 12.3. The highest BCUT2D eigenvalue weighted by atomic mass is 32.2. The van der Waals surface area contributed by atoms with Gasteiger partial charge in [0.25, 0.3) is 15.9 Å². The van der Waals surface area contributed by atoms with Crippen molar-refractivity contribution in [2.45, 2.75) is 32.2 Å². The number of benzene rings is 1. The van der Waals surface area contributed by atoms with E-state index in [-0.39, 0.29) is 10.6 Å². The third-order valence-corrected chi connectivity index (χ3v) is 5.27. The highest BCUT2D eigenvalue weighted by molar-refractivity contribution is 7.92. The number of anilines is 1. The molecular weight excluding hydrogens is 354 g/mol. The molecule has 0 amide bonds. The van der Waals surface area contributed by atoms with Gasteiger partial charge in [-0.15, -0.1) is 0 Å². The summed E-state index contributed by atoms with van der Waals surface area (Å²) >= 11 is 0. The second-order valence-electron chi connectivity index (χ2n) is 5.91. The lowest BCUT2D eigenvalue weighted by Gasteiger charge is -2.09. The molecule has 0 radical (unpaired) electrons. The Kier molecular flexibility index (Phi) is 4.64. The normalized spacial score (nSPS) is 11.5. The van der Waals surface area contributed by atoms with Crippen LogP contribution >= 0.6 is 0 Å². The highest BCUT2D eigenvalue weighted by Gasteiger charge is 2.27. The number of carbonyl (C=O) groups is 1. The Morgan fingerprint density at radius 2 is 1.92 bits per heavy atom. The van der Waals surface area contributed by atoms with Crippen molar-refractivity contribution in [2.75, 3.05) is 4.72 Å². The molecule has 0 aliphatic heterocycles. The average Bonchev–Trinajstić information content (AvgIpc) is 3.21. The van der Waals surface area contributed by atoms with Gasteiger partial charge in [-0.25, -0.2) is 4.68 Å². The summed E-state index contributed by atoms with van der Waals surface area (Å²) in [5, 5.41) is 9.94. The maximum atomic E-state index is 12.7. The summed E-state index contributed by atoms with van der Waals surface area (Å²) in [6, 6.07) is 8.77. The van der Waals surface area contributed by atoms with Crippen molar-refractivity contribution in [2.24, 2.45) is 0 Å². The van der Waals surface area contributed by atoms with Crippen LogP contribution in [-0.2, 0) is 16.4 Å². The first kappa shape index (κ1) is 17.9. The van der Waals surface area contributed by atoms with Gasteiger partial charge in [0.2, 0.25) is 0 Å². The fraction of sp³-hybridized carbons (Fsp3) is 0.235. The Labute approximate surface area is 151 Å². The van der Waals surface area contributed by atoms with Gasteiger partial charge in [-0.2, -0.15) is 18.6 Å². The number of aryl methyl sites for hydroxylation is 3. The minimum absolute atomic E-state index is 0.0751. The number of hydrogen-bond donors (Lipinski definition) is 2. The molecule has 136 valence electrons. The fourth-order valence-corrected chi connectivity index (χ4v) is 3.75. The van der Waals surface area contributed by atoms with E-state index < -0.39 is 15.9 Å². The first-order valence-corrected chi connectivity index (χ1v) is 9.53. The van der Waals surface area contributed by atoms with E-state index in [1.54, 1.807) is 32.0 Å². The molecule has 3 aromatic rings. The number of sulfonamides is 1. The van der Waals surface area contributed by atoms with E-state index in [9.17, 15) is 13.2 Å². The van der Waals surface area contributed by atoms with Gasteiger partial charge >= 0.3 is 0 Å². The molecule has 0 aliphatic carbocycles. The number of H-pyrrole nitrogens is 1. The van der Waals surface area contributed by atoms with Crippen LogP contribution < -0.4 is 4.72 Å². The Hall–Kier alpha value is -2.94. The van der Waals surface area contributed by atoms with Gasteiger partial charge in [-0.05, 0) is 44.0 Å². The lowest BCUT2D eigenvalue weighted by Crippen LogP contribution is -2.21. The van der Waals surface area contributed by atoms with Crippen LogP contribution in [0, 0.1) is 13.8 Å². The first-order valence-electron chi connectivity index (χ1n) is 8.05. The summed E-state index contributed by atoms with van der Waals surface area (Å²) in [7, 11) is -4.01. The van der Waals surface area contributed by atoms with Crippen LogP contribution in [0.5, 0.6) is 0 Å². The van der Waals surface area contributed by atoms with Crippen molar-refractivity contribution in [3.63, 3.8) is 0 Å². The quantitative estimate of drug-likeness (QED) is 0.713. The molecule has 0 atom stereocenters. The van der Waals surface area contributed by atoms with Gasteiger partial charge in [-0.1, -0.05) is 19.1 Å². The molecule has 8 nitrogen and oxygen atoms in total. The number of hydrogen-bond acceptors (Lipinski definition) is 5. The second kappa shape index (κ2) is 6.75. The zero-order valence-electron chi connectivity index (χ0n) is 14.6. The molecule has 0 saturated carbocycles. The predicted octanol–water partition coefficient (Wildman–Crippen LogP) is 2.27. The van der Waals surface area contributed by atoms with Crippen molar-refractivity contribution >= 4 is 21.6 Å². The topological polar surface area (TPSA) is 110 Å². The third-order valence-electron chi connectivity index (χ3n) is 3.92. The fourth-order valence-electron chi connectivity index (χ4n) is 2.59. The maximum absolute atomic E-state index is 12.7. The molecule has 26 heavy (non-hydrogen) atoms. The lowest BCUT2D eigenvalue weighted by molar-refractivity contribution is 0.0939. The standard InChI is InChI=1S/C17H19N5O3S/c1-4-13-5-7-14(8-6-13)21-26(24,25)16-15(10-18-19-16)17(23)22-12(3)9-11(2)20-22/h5-10,21H,4H2,1-3H3,(H,18,19). The van der Waals surface area contributed by atoms with Crippen LogP contribution in [0.2, 0.25) is 0 Å². The monoisotopic (exact) mass is 373 g/mol. The number of aromatic nitrogens is 4. The summed E-state index contributed by atoms with van der Waals surface area (Å²) < 4.78 is 29.0. The number of nitrogens with zero attached hydrogens (tertiary/aromatic N) is 3. The van der Waals surface area contributed by atoms with Crippen LogP contribution in [0.4, 0.5) is 5.69 Å². The number of nitrogens with one attached hydrogen (secondary N) is 2. The smallest absolute Gasteiger partial charge is 0.278 e. The van der Waals surface area contributed by atoms with Crippen molar-refractivity contribution < 1.29 is 13.2 Å². The molecule has 0 saturated heterocycles. The van der Waals surface area contributed by atoms with Gasteiger partial charge in [0.05, 0.1) is 11.9 Å². The summed E-state index contributed by atoms with van der Waals surface area (Å²) in [6.07, 6.45) is 2.04. The Morgan fingerprint density at radius 3 is 2.50 bits per heavy atom. The zero-order chi connectivity index (χ0) is 18.9. The van der Waals surface area contributed by atoms with Gasteiger partial charge < -0.3 is 0 Å². The molecule has 0 unspecified atom stereocenters. The van der Waals surface area contributed by atoms with E-state index in [4.69, 9.17) is 0 Å². The summed E-state index contributed by atoms with van der Waals surface area (Å²) in [6.45, 7) is 5.49. The molecule has 9 heteroatoms. The van der Waals surface area contributed by atoms with Crippen molar-refractivity contribution in [3.8, 4) is 0 Å². The highest BCUT2D eigenvalue weighted by Crippen LogP contribution is 2.19. The van der Waals surface area contributed by atoms with E-state index in [0.717, 1.165) is 16.7 Å². The van der Waals surface area contributed by atoms with Gasteiger partial charge in [-0.3, -0.25) is 14.6 Å². The molecule has 2 aromatic heterocycles. The van der Waals surface area contributed by atoms with Gasteiger partial charge in [0.1, 0.15) is 5.56 Å². The van der Waals surface area contributed by atoms with Crippen LogP contribution in [0.15, 0.2) is 41.6 Å². The average molecular weight is 373 g/mol. The molecule has 0 spiro atoms. The van der Waals surface area contributed by atoms with Crippen LogP contribution in [-0.4, -0.2) is 34.3 Å². The van der Waals surface area contributed by atoms with Crippen molar-refractivity contribution in [3.05, 3.63) is 59.0 Å². The summed E-state index contributed by atoms with van der Waals surface area (Å²) in [5.41, 5.74) is 2.70. The number of aromatic amines is 1. The Morgan fingerprint density at radius 1 is 1.23 bits per heavy atom. The van der Waals surface area contributed by atoms with Gasteiger partial charge in [0.15, 0.2) is 5.03 Å². The molecule has 0 fully saturated rings. The van der Waals surface area contributed by atoms with Crippen LogP contribution in [0.3, 0.4) is 0 Å². The molecule has 1 aromatic carbocycles. The van der Waals surface area contributed by atoms with Crippen molar-refractivity contribution in [1.82, 2.24) is 20.0 Å². The summed E-state index contributed by atoms with van der Waals surface area (Å²) in [5.74, 6) is -0.564. The van der Waals surface area contributed by atoms with E-state index in [1.807, 2.05) is 19.1 Å². The SMILES string of the molecule is CCc1ccc(NS(=O)(=O)c2[nH]ncc2C(=O)n2nc(C)cc2C)cc1. The van der Waals surface area contributed by atoms with Crippen LogP contribution in [0.1, 0.15) is 34.2 Å². The molecule has 0 aliphatic rings. The van der Waals surface area contributed by atoms with Gasteiger partial charge in [0, 0.05) is 11.4 Å². The largest absolute Gasteiger partial charge is 0.283 e. The molecule has 0 bridgehead atoms. The minimum Gasteiger partial charge on any atom is -0.278 e. The maximum Gasteiger partial charge on any atom is 0.283 e. The Balaban J connectivity index is 1.93. The minimum atomic E-state index is -4.01. The van der Waals surface area contributed by atoms with Crippen molar-refractivity contribution in [1.29, 1.82) is 0 Å². The molecule has 3 rings (SSSR count). The third kappa shape index (κ3) is 3.38. The number of rotatable bonds is 5. The second-order valence-corrected chi connectivity index (χ2v) is 7.53. The van der Waals surface area contributed by atoms with Crippen LogP contribution in [0.25, 0.3) is 0 Å². The lowest BCUT2D eigenvalue weighted by atomic mass is 10.2. The molecule has 2 heterocycles. The van der Waals surface area contributed by atoms with E-state index >= 15 is 0 Å². The Bertz CT molecular complexity index is 1050. The predicted molar refractivity (Wildman–Crippen MR) is 96.6 cm³/mol. The van der Waals surface area contributed by atoms with E-state index in [2.05, 4.69) is 20.0 Å². The molecular formula is C17H19N5O3S. The van der Waals surface area contributed by atoms with E-state index in [1.165, 1.54) is 6.20 Å². The zero-order valence-corrected chi connectivity index (χ0v) is 15.5. The number of carbonyl (C=O) groups excluding carboxylic acids is 1. The summed E-state index contributed by atoms with van der Waals surface area (Å²) in [4.78, 5) is 12.7. The van der Waals surface area contributed by atoms with E-state index in [0.29, 0.717) is 17.1 Å².